The zero-order valence-electron chi connectivity index (χ0n) is 10.8. The van der Waals surface area contributed by atoms with Gasteiger partial charge in [0.2, 0.25) is 5.95 Å². The van der Waals surface area contributed by atoms with Gasteiger partial charge in [-0.1, -0.05) is 12.8 Å². The van der Waals surface area contributed by atoms with E-state index in [4.69, 9.17) is 9.72 Å². The first-order chi connectivity index (χ1) is 9.25. The van der Waals surface area contributed by atoms with Crippen LogP contribution in [0.15, 0.2) is 9.27 Å². The van der Waals surface area contributed by atoms with Crippen LogP contribution >= 0.6 is 15.9 Å². The molecule has 0 amide bonds. The molecular formula is C13H18BrN3O2. The summed E-state index contributed by atoms with van der Waals surface area (Å²) in [6.45, 7) is 2.96. The van der Waals surface area contributed by atoms with Crippen LogP contribution in [0.25, 0.3) is 0 Å². The van der Waals surface area contributed by atoms with E-state index in [0.29, 0.717) is 29.6 Å². The number of H-pyrrole nitrogens is 1. The van der Waals surface area contributed by atoms with E-state index in [-0.39, 0.29) is 5.56 Å². The first-order valence-electron chi connectivity index (χ1n) is 6.88. The van der Waals surface area contributed by atoms with E-state index in [0.717, 1.165) is 31.6 Å². The fourth-order valence-electron chi connectivity index (χ4n) is 2.86. The average Bonchev–Trinajstić information content (AvgIpc) is 2.96. The second kappa shape index (κ2) is 5.63. The lowest BCUT2D eigenvalue weighted by Gasteiger charge is -2.28. The number of aromatic nitrogens is 2. The zero-order valence-corrected chi connectivity index (χ0v) is 12.4. The molecule has 1 N–H and O–H groups in total. The Labute approximate surface area is 120 Å². The van der Waals surface area contributed by atoms with Crippen molar-refractivity contribution in [2.75, 3.05) is 31.2 Å². The van der Waals surface area contributed by atoms with Crippen molar-refractivity contribution in [1.29, 1.82) is 0 Å². The van der Waals surface area contributed by atoms with E-state index in [1.54, 1.807) is 0 Å². The van der Waals surface area contributed by atoms with Gasteiger partial charge in [-0.25, -0.2) is 4.98 Å². The van der Waals surface area contributed by atoms with Crippen LogP contribution in [0.4, 0.5) is 5.95 Å². The molecule has 19 heavy (non-hydrogen) atoms. The van der Waals surface area contributed by atoms with Crippen LogP contribution in [-0.4, -0.2) is 36.3 Å². The predicted octanol–water partition coefficient (Wildman–Crippen LogP) is 2.03. The molecule has 5 nitrogen and oxygen atoms in total. The van der Waals surface area contributed by atoms with Crippen molar-refractivity contribution in [3.8, 4) is 0 Å². The second-order valence-corrected chi connectivity index (χ2v) is 5.96. The van der Waals surface area contributed by atoms with Gasteiger partial charge >= 0.3 is 0 Å². The Balaban J connectivity index is 1.94. The van der Waals surface area contributed by atoms with Crippen molar-refractivity contribution in [1.82, 2.24) is 9.97 Å². The van der Waals surface area contributed by atoms with E-state index in [9.17, 15) is 4.79 Å². The summed E-state index contributed by atoms with van der Waals surface area (Å²) in [4.78, 5) is 21.7. The highest BCUT2D eigenvalue weighted by Crippen LogP contribution is 2.35. The highest BCUT2D eigenvalue weighted by molar-refractivity contribution is 9.10. The van der Waals surface area contributed by atoms with Crippen LogP contribution in [0, 0.1) is 0 Å². The summed E-state index contributed by atoms with van der Waals surface area (Å²) in [5, 5.41) is 0. The highest BCUT2D eigenvalue weighted by atomic mass is 79.9. The summed E-state index contributed by atoms with van der Waals surface area (Å²) in [5.74, 6) is 1.12. The molecule has 1 aromatic rings. The Bertz CT molecular complexity index is 505. The van der Waals surface area contributed by atoms with E-state index < -0.39 is 0 Å². The second-order valence-electron chi connectivity index (χ2n) is 5.17. The molecule has 3 rings (SSSR count). The summed E-state index contributed by atoms with van der Waals surface area (Å²) < 4.78 is 5.94. The Hall–Kier alpha value is -0.880. The number of rotatable bonds is 2. The molecule has 2 aliphatic rings. The van der Waals surface area contributed by atoms with E-state index in [1.165, 1.54) is 12.8 Å². The van der Waals surface area contributed by atoms with Crippen LogP contribution in [0.2, 0.25) is 0 Å². The number of nitrogens with zero attached hydrogens (tertiary/aromatic N) is 2. The van der Waals surface area contributed by atoms with Gasteiger partial charge in [-0.15, -0.1) is 0 Å². The van der Waals surface area contributed by atoms with Crippen molar-refractivity contribution in [3.05, 3.63) is 20.5 Å². The average molecular weight is 328 g/mol. The van der Waals surface area contributed by atoms with Crippen LogP contribution in [0.5, 0.6) is 0 Å². The van der Waals surface area contributed by atoms with E-state index >= 15 is 0 Å². The summed E-state index contributed by atoms with van der Waals surface area (Å²) in [6, 6.07) is 0. The third kappa shape index (κ3) is 2.69. The smallest absolute Gasteiger partial charge is 0.266 e. The Kier molecular flexibility index (Phi) is 3.88. The highest BCUT2D eigenvalue weighted by Gasteiger charge is 2.24. The van der Waals surface area contributed by atoms with Gasteiger partial charge in [0.05, 0.1) is 18.9 Å². The van der Waals surface area contributed by atoms with Crippen LogP contribution < -0.4 is 10.5 Å². The monoisotopic (exact) mass is 327 g/mol. The lowest BCUT2D eigenvalue weighted by Crippen LogP contribution is -2.38. The number of hydrogen-bond acceptors (Lipinski definition) is 4. The van der Waals surface area contributed by atoms with E-state index in [1.807, 2.05) is 0 Å². The first-order valence-corrected chi connectivity index (χ1v) is 7.67. The number of aromatic amines is 1. The van der Waals surface area contributed by atoms with Gasteiger partial charge < -0.3 is 9.64 Å². The third-order valence-electron chi connectivity index (χ3n) is 3.93. The number of nitrogens with one attached hydrogen (secondary N) is 1. The number of ether oxygens (including phenoxy) is 1. The Morgan fingerprint density at radius 3 is 2.63 bits per heavy atom. The molecule has 6 heteroatoms. The molecule has 104 valence electrons. The SMILES string of the molecule is O=c1[nH]c(N2CCOCC2)nc(C2CCCC2)c1Br. The molecule has 1 saturated heterocycles. The molecule has 0 spiro atoms. The Morgan fingerprint density at radius 1 is 1.26 bits per heavy atom. The van der Waals surface area contributed by atoms with Gasteiger partial charge in [-0.2, -0.15) is 0 Å². The van der Waals surface area contributed by atoms with Crippen molar-refractivity contribution >= 4 is 21.9 Å². The van der Waals surface area contributed by atoms with Gasteiger partial charge in [0.25, 0.3) is 5.56 Å². The minimum absolute atomic E-state index is 0.0709. The fourth-order valence-corrected chi connectivity index (χ4v) is 3.37. The normalized spacial score (nSPS) is 21.0. The molecule has 2 fully saturated rings. The third-order valence-corrected chi connectivity index (χ3v) is 4.69. The fraction of sp³-hybridized carbons (Fsp3) is 0.692. The first kappa shape index (κ1) is 13.1. The number of halogens is 1. The van der Waals surface area contributed by atoms with Crippen molar-refractivity contribution < 1.29 is 4.74 Å². The molecule has 1 aliphatic carbocycles. The predicted molar refractivity (Wildman–Crippen MR) is 76.8 cm³/mol. The van der Waals surface area contributed by atoms with Crippen LogP contribution in [0.1, 0.15) is 37.3 Å². The molecule has 0 unspecified atom stereocenters. The van der Waals surface area contributed by atoms with Gasteiger partial charge in [0.1, 0.15) is 4.47 Å². The topological polar surface area (TPSA) is 58.2 Å². The standard InChI is InChI=1S/C13H18BrN3O2/c14-10-11(9-3-1-2-4-9)15-13(16-12(10)18)17-5-7-19-8-6-17/h9H,1-8H2,(H,15,16,18). The van der Waals surface area contributed by atoms with Crippen molar-refractivity contribution in [2.24, 2.45) is 0 Å². The zero-order chi connectivity index (χ0) is 13.2. The van der Waals surface area contributed by atoms with Crippen molar-refractivity contribution in [3.63, 3.8) is 0 Å². The Morgan fingerprint density at radius 2 is 1.95 bits per heavy atom. The van der Waals surface area contributed by atoms with E-state index in [2.05, 4.69) is 25.8 Å². The van der Waals surface area contributed by atoms with Gasteiger partial charge in [0, 0.05) is 19.0 Å². The minimum atomic E-state index is -0.0709. The lowest BCUT2D eigenvalue weighted by atomic mass is 10.0. The molecular weight excluding hydrogens is 310 g/mol. The molecule has 0 aromatic carbocycles. The van der Waals surface area contributed by atoms with Gasteiger partial charge in [0.15, 0.2) is 0 Å². The molecule has 1 aliphatic heterocycles. The van der Waals surface area contributed by atoms with Crippen LogP contribution in [0.3, 0.4) is 0 Å². The minimum Gasteiger partial charge on any atom is -0.378 e. The summed E-state index contributed by atoms with van der Waals surface area (Å²) in [6.07, 6.45) is 4.74. The molecule has 0 bridgehead atoms. The molecule has 0 atom stereocenters. The number of anilines is 1. The number of morpholine rings is 1. The molecule has 1 saturated carbocycles. The van der Waals surface area contributed by atoms with Crippen molar-refractivity contribution in [2.45, 2.75) is 31.6 Å². The quantitative estimate of drug-likeness (QED) is 0.902. The largest absolute Gasteiger partial charge is 0.378 e. The summed E-state index contributed by atoms with van der Waals surface area (Å²) >= 11 is 3.40. The van der Waals surface area contributed by atoms with Gasteiger partial charge in [-0.3, -0.25) is 9.78 Å². The summed E-state index contributed by atoms with van der Waals surface area (Å²) in [7, 11) is 0. The lowest BCUT2D eigenvalue weighted by molar-refractivity contribution is 0.122. The van der Waals surface area contributed by atoms with Crippen LogP contribution in [-0.2, 0) is 4.74 Å². The molecule has 0 radical (unpaired) electrons. The maximum Gasteiger partial charge on any atom is 0.266 e. The number of hydrogen-bond donors (Lipinski definition) is 1. The maximum atomic E-state index is 12.1. The maximum absolute atomic E-state index is 12.1. The molecule has 2 heterocycles. The molecule has 1 aromatic heterocycles. The summed E-state index contributed by atoms with van der Waals surface area (Å²) in [5.41, 5.74) is 0.862. The van der Waals surface area contributed by atoms with Gasteiger partial charge in [-0.05, 0) is 28.8 Å².